The molecule has 6 nitrogen and oxygen atoms in total. The van der Waals surface area contributed by atoms with E-state index in [1.807, 2.05) is 6.92 Å². The van der Waals surface area contributed by atoms with Gasteiger partial charge in [-0.25, -0.2) is 9.18 Å². The van der Waals surface area contributed by atoms with Crippen molar-refractivity contribution in [3.8, 4) is 5.88 Å². The van der Waals surface area contributed by atoms with E-state index in [9.17, 15) is 14.3 Å². The third-order valence-corrected chi connectivity index (χ3v) is 4.07. The van der Waals surface area contributed by atoms with Gasteiger partial charge in [-0.3, -0.25) is 4.90 Å². The van der Waals surface area contributed by atoms with Gasteiger partial charge in [-0.1, -0.05) is 12.1 Å². The normalized spacial score (nSPS) is 16.1. The van der Waals surface area contributed by atoms with Crippen molar-refractivity contribution in [2.75, 3.05) is 23.4 Å². The summed E-state index contributed by atoms with van der Waals surface area (Å²) in [6.07, 6.45) is -0.534. The van der Waals surface area contributed by atoms with Crippen LogP contribution in [-0.2, 0) is 6.42 Å². The second-order valence-electron chi connectivity index (χ2n) is 5.97. The van der Waals surface area contributed by atoms with Crippen LogP contribution in [0.4, 0.5) is 20.7 Å². The number of ether oxygens (including phenoxy) is 1. The van der Waals surface area contributed by atoms with Gasteiger partial charge in [-0.05, 0) is 37.6 Å². The third-order valence-electron chi connectivity index (χ3n) is 4.07. The van der Waals surface area contributed by atoms with Crippen LogP contribution in [0.5, 0.6) is 5.88 Å². The highest BCUT2D eigenvalue weighted by Gasteiger charge is 2.31. The molecule has 3 rings (SSSR count). The maximum absolute atomic E-state index is 13.1. The van der Waals surface area contributed by atoms with Crippen molar-refractivity contribution in [2.24, 2.45) is 0 Å². The Labute approximate surface area is 145 Å². The minimum absolute atomic E-state index is 0.259. The Morgan fingerprint density at radius 2 is 2.16 bits per heavy atom. The molecule has 0 bridgehead atoms. The molecule has 0 saturated heterocycles. The molecule has 1 aliphatic rings. The Kier molecular flexibility index (Phi) is 4.74. The van der Waals surface area contributed by atoms with Gasteiger partial charge in [-0.2, -0.15) is 4.98 Å². The van der Waals surface area contributed by atoms with Gasteiger partial charge < -0.3 is 15.2 Å². The number of benzene rings is 1. The number of pyridine rings is 1. The number of carbonyl (C=O) groups is 1. The number of anilines is 2. The minimum Gasteiger partial charge on any atom is -0.474 e. The number of rotatable bonds is 4. The molecular formula is C18H20FN3O3. The van der Waals surface area contributed by atoms with Crippen LogP contribution in [0, 0.1) is 5.82 Å². The van der Waals surface area contributed by atoms with Crippen LogP contribution in [0.3, 0.4) is 0 Å². The predicted molar refractivity (Wildman–Crippen MR) is 93.1 cm³/mol. The quantitative estimate of drug-likeness (QED) is 0.887. The third kappa shape index (κ3) is 3.50. The summed E-state index contributed by atoms with van der Waals surface area (Å²) in [5.41, 5.74) is 2.18. The zero-order valence-corrected chi connectivity index (χ0v) is 14.1. The SMILES string of the molecule is CCNc1nc2c(cc1Cc1ccc(F)cc1)N(C(=O)O)[C@@H](C)CO2. The van der Waals surface area contributed by atoms with Crippen LogP contribution in [0.25, 0.3) is 0 Å². The molecule has 0 radical (unpaired) electrons. The van der Waals surface area contributed by atoms with Crippen molar-refractivity contribution in [2.45, 2.75) is 26.3 Å². The van der Waals surface area contributed by atoms with Crippen molar-refractivity contribution in [1.29, 1.82) is 0 Å². The molecule has 25 heavy (non-hydrogen) atoms. The molecule has 1 atom stereocenters. The number of hydrogen-bond acceptors (Lipinski definition) is 4. The van der Waals surface area contributed by atoms with Crippen LogP contribution < -0.4 is 15.0 Å². The van der Waals surface area contributed by atoms with Crippen LogP contribution >= 0.6 is 0 Å². The van der Waals surface area contributed by atoms with Gasteiger partial charge in [0.05, 0.1) is 6.04 Å². The number of hydrogen-bond donors (Lipinski definition) is 2. The minimum atomic E-state index is -1.04. The standard InChI is InChI=1S/C18H20FN3O3/c1-3-20-16-13(8-12-4-6-14(19)7-5-12)9-15-17(21-16)25-10-11(2)22(15)18(23)24/h4-7,9,11H,3,8,10H2,1-2H3,(H,20,21)(H,23,24)/t11-/m0/s1. The number of amides is 1. The van der Waals surface area contributed by atoms with E-state index >= 15 is 0 Å². The molecule has 2 N–H and O–H groups in total. The first-order chi connectivity index (χ1) is 12.0. The van der Waals surface area contributed by atoms with Gasteiger partial charge in [0.15, 0.2) is 0 Å². The van der Waals surface area contributed by atoms with E-state index in [1.54, 1.807) is 25.1 Å². The van der Waals surface area contributed by atoms with Crippen LogP contribution in [0.2, 0.25) is 0 Å². The zero-order valence-electron chi connectivity index (χ0n) is 14.1. The first-order valence-electron chi connectivity index (χ1n) is 8.16. The first kappa shape index (κ1) is 17.0. The molecule has 0 aliphatic carbocycles. The fraction of sp³-hybridized carbons (Fsp3) is 0.333. The van der Waals surface area contributed by atoms with Crippen molar-refractivity contribution < 1.29 is 19.0 Å². The smallest absolute Gasteiger partial charge is 0.412 e. The summed E-state index contributed by atoms with van der Waals surface area (Å²) in [6, 6.07) is 7.71. The lowest BCUT2D eigenvalue weighted by Gasteiger charge is -2.33. The van der Waals surface area contributed by atoms with Crippen LogP contribution in [0.15, 0.2) is 30.3 Å². The van der Waals surface area contributed by atoms with Gasteiger partial charge in [0.2, 0.25) is 5.88 Å². The fourth-order valence-corrected chi connectivity index (χ4v) is 2.89. The summed E-state index contributed by atoms with van der Waals surface area (Å²) in [5.74, 6) is 0.656. The van der Waals surface area contributed by atoms with Crippen molar-refractivity contribution in [3.05, 3.63) is 47.3 Å². The lowest BCUT2D eigenvalue weighted by molar-refractivity contribution is 0.188. The highest BCUT2D eigenvalue weighted by atomic mass is 19.1. The molecule has 0 unspecified atom stereocenters. The molecule has 0 spiro atoms. The number of nitrogens with one attached hydrogen (secondary N) is 1. The van der Waals surface area contributed by atoms with Crippen LogP contribution in [0.1, 0.15) is 25.0 Å². The van der Waals surface area contributed by atoms with E-state index in [1.165, 1.54) is 17.0 Å². The van der Waals surface area contributed by atoms with E-state index in [2.05, 4.69) is 10.3 Å². The van der Waals surface area contributed by atoms with E-state index in [-0.39, 0.29) is 18.5 Å². The Balaban J connectivity index is 2.03. The maximum Gasteiger partial charge on any atom is 0.412 e. The number of fused-ring (bicyclic) bond motifs is 1. The summed E-state index contributed by atoms with van der Waals surface area (Å²) in [7, 11) is 0. The monoisotopic (exact) mass is 345 g/mol. The molecule has 1 amide bonds. The molecule has 0 saturated carbocycles. The van der Waals surface area contributed by atoms with Crippen molar-refractivity contribution in [3.63, 3.8) is 0 Å². The first-order valence-corrected chi connectivity index (χ1v) is 8.16. The van der Waals surface area contributed by atoms with Crippen LogP contribution in [-0.4, -0.2) is 35.4 Å². The number of nitrogens with zero attached hydrogens (tertiary/aromatic N) is 2. The van der Waals surface area contributed by atoms with E-state index < -0.39 is 6.09 Å². The van der Waals surface area contributed by atoms with E-state index in [4.69, 9.17) is 4.74 Å². The summed E-state index contributed by atoms with van der Waals surface area (Å²) < 4.78 is 18.7. The van der Waals surface area contributed by atoms with Gasteiger partial charge in [0, 0.05) is 18.5 Å². The molecule has 132 valence electrons. The Bertz CT molecular complexity index is 780. The average molecular weight is 345 g/mol. The molecule has 2 heterocycles. The highest BCUT2D eigenvalue weighted by molar-refractivity contribution is 5.89. The van der Waals surface area contributed by atoms with Crippen molar-refractivity contribution >= 4 is 17.6 Å². The molecule has 0 fully saturated rings. The predicted octanol–water partition coefficient (Wildman–Crippen LogP) is 3.51. The number of aromatic nitrogens is 1. The topological polar surface area (TPSA) is 74.7 Å². The number of halogens is 1. The molecule has 7 heteroatoms. The lowest BCUT2D eigenvalue weighted by atomic mass is 10.0. The molecule has 1 aromatic carbocycles. The Morgan fingerprint density at radius 1 is 1.44 bits per heavy atom. The molecular weight excluding hydrogens is 325 g/mol. The maximum atomic E-state index is 13.1. The van der Waals surface area contributed by atoms with E-state index in [0.29, 0.717) is 30.4 Å². The number of carboxylic acid groups (broad SMARTS) is 1. The molecule has 1 aromatic heterocycles. The lowest BCUT2D eigenvalue weighted by Crippen LogP contribution is -2.44. The van der Waals surface area contributed by atoms with Crippen molar-refractivity contribution in [1.82, 2.24) is 4.98 Å². The summed E-state index contributed by atoms with van der Waals surface area (Å²) in [4.78, 5) is 17.4. The molecule has 1 aliphatic heterocycles. The van der Waals surface area contributed by atoms with Gasteiger partial charge in [0.1, 0.15) is 23.9 Å². The molecule has 2 aromatic rings. The fourth-order valence-electron chi connectivity index (χ4n) is 2.89. The Hall–Kier alpha value is -2.83. The summed E-state index contributed by atoms with van der Waals surface area (Å²) >= 11 is 0. The van der Waals surface area contributed by atoms with Gasteiger partial charge >= 0.3 is 6.09 Å². The zero-order chi connectivity index (χ0) is 18.0. The largest absolute Gasteiger partial charge is 0.474 e. The average Bonchev–Trinajstić information content (AvgIpc) is 2.57. The highest BCUT2D eigenvalue weighted by Crippen LogP contribution is 2.36. The Morgan fingerprint density at radius 3 is 2.80 bits per heavy atom. The van der Waals surface area contributed by atoms with E-state index in [0.717, 1.165) is 11.1 Å². The summed E-state index contributed by atoms with van der Waals surface area (Å²) in [5, 5.41) is 12.7. The second kappa shape index (κ2) is 6.96. The van der Waals surface area contributed by atoms with Gasteiger partial charge in [-0.15, -0.1) is 0 Å². The van der Waals surface area contributed by atoms with Gasteiger partial charge in [0.25, 0.3) is 0 Å². The second-order valence-corrected chi connectivity index (χ2v) is 5.97. The summed E-state index contributed by atoms with van der Waals surface area (Å²) in [6.45, 7) is 4.67.